The number of aliphatic imine (C=N–C) groups is 1. The number of aromatic amines is 1. The smallest absolute Gasteiger partial charge is 0.117 e. The molecule has 2 aliphatic rings. The van der Waals surface area contributed by atoms with E-state index in [1.807, 2.05) is 6.20 Å². The first-order chi connectivity index (χ1) is 9.93. The third-order valence-electron chi connectivity index (χ3n) is 4.46. The predicted molar refractivity (Wildman–Crippen MR) is 82.5 cm³/mol. The van der Waals surface area contributed by atoms with Gasteiger partial charge < -0.3 is 9.88 Å². The summed E-state index contributed by atoms with van der Waals surface area (Å²) in [5.74, 6) is 1.26. The standard InChI is InChI=1S/C17H19N3/c1-2-6-13(7-3-1)16-15-10-11-18-17(15)20(12-19-16)14-8-4-5-9-14/h1-3,6-7,10-11,14,18H,4-5,8-9,12H2. The minimum Gasteiger partial charge on any atom is -0.348 e. The van der Waals surface area contributed by atoms with Gasteiger partial charge in [-0.15, -0.1) is 0 Å². The van der Waals surface area contributed by atoms with E-state index in [1.165, 1.54) is 42.6 Å². The maximum Gasteiger partial charge on any atom is 0.117 e. The number of nitrogens with one attached hydrogen (secondary N) is 1. The van der Waals surface area contributed by atoms with Crippen molar-refractivity contribution >= 4 is 11.5 Å². The molecule has 20 heavy (non-hydrogen) atoms. The number of hydrogen-bond acceptors (Lipinski definition) is 2. The number of aromatic nitrogens is 1. The molecule has 1 fully saturated rings. The van der Waals surface area contributed by atoms with Crippen molar-refractivity contribution in [3.63, 3.8) is 0 Å². The SMILES string of the molecule is c1ccc(C2=NCN(C3CCCC3)c3[nH]ccc32)cc1. The molecule has 0 saturated heterocycles. The molecule has 3 heteroatoms. The Morgan fingerprint density at radius 2 is 1.85 bits per heavy atom. The second kappa shape index (κ2) is 4.82. The Labute approximate surface area is 119 Å². The molecule has 0 unspecified atom stereocenters. The summed E-state index contributed by atoms with van der Waals surface area (Å²) in [7, 11) is 0. The Balaban J connectivity index is 1.72. The van der Waals surface area contributed by atoms with E-state index >= 15 is 0 Å². The molecule has 0 spiro atoms. The molecule has 1 aromatic heterocycles. The number of fused-ring (bicyclic) bond motifs is 1. The molecular weight excluding hydrogens is 246 g/mol. The van der Waals surface area contributed by atoms with E-state index in [-0.39, 0.29) is 0 Å². The van der Waals surface area contributed by atoms with Gasteiger partial charge in [-0.05, 0) is 18.9 Å². The lowest BCUT2D eigenvalue weighted by atomic mass is 10.0. The lowest BCUT2D eigenvalue weighted by Crippen LogP contribution is -2.37. The van der Waals surface area contributed by atoms with Gasteiger partial charge in [0.25, 0.3) is 0 Å². The van der Waals surface area contributed by atoms with Crippen LogP contribution in [0.2, 0.25) is 0 Å². The van der Waals surface area contributed by atoms with Gasteiger partial charge in [0, 0.05) is 23.4 Å². The van der Waals surface area contributed by atoms with E-state index in [2.05, 4.69) is 46.3 Å². The molecule has 3 nitrogen and oxygen atoms in total. The molecule has 1 aliphatic carbocycles. The summed E-state index contributed by atoms with van der Waals surface area (Å²) in [6, 6.07) is 13.3. The molecule has 1 aliphatic heterocycles. The Hall–Kier alpha value is -2.03. The number of benzene rings is 1. The number of anilines is 1. The van der Waals surface area contributed by atoms with Crippen LogP contribution in [0.1, 0.15) is 36.8 Å². The third-order valence-corrected chi connectivity index (χ3v) is 4.46. The van der Waals surface area contributed by atoms with Crippen molar-refractivity contribution in [2.24, 2.45) is 4.99 Å². The molecule has 0 atom stereocenters. The molecule has 1 aromatic carbocycles. The molecule has 0 amide bonds. The topological polar surface area (TPSA) is 31.4 Å². The van der Waals surface area contributed by atoms with Crippen molar-refractivity contribution in [3.05, 3.63) is 53.7 Å². The van der Waals surface area contributed by atoms with Crippen LogP contribution < -0.4 is 4.90 Å². The second-order valence-corrected chi connectivity index (χ2v) is 5.66. The molecule has 102 valence electrons. The van der Waals surface area contributed by atoms with Crippen LogP contribution in [0.5, 0.6) is 0 Å². The van der Waals surface area contributed by atoms with Crippen molar-refractivity contribution in [3.8, 4) is 0 Å². The Morgan fingerprint density at radius 3 is 2.65 bits per heavy atom. The van der Waals surface area contributed by atoms with E-state index in [4.69, 9.17) is 4.99 Å². The maximum atomic E-state index is 4.86. The van der Waals surface area contributed by atoms with E-state index in [0.717, 1.165) is 12.4 Å². The minimum absolute atomic E-state index is 0.661. The van der Waals surface area contributed by atoms with Gasteiger partial charge in [0.05, 0.1) is 5.71 Å². The molecule has 1 N–H and O–H groups in total. The summed E-state index contributed by atoms with van der Waals surface area (Å²) in [5.41, 5.74) is 3.57. The summed E-state index contributed by atoms with van der Waals surface area (Å²) < 4.78 is 0. The van der Waals surface area contributed by atoms with Gasteiger partial charge in [-0.25, -0.2) is 0 Å². The van der Waals surface area contributed by atoms with Crippen LogP contribution in [-0.2, 0) is 0 Å². The number of rotatable bonds is 2. The largest absolute Gasteiger partial charge is 0.348 e. The fourth-order valence-corrected chi connectivity index (χ4v) is 3.45. The molecule has 2 heterocycles. The van der Waals surface area contributed by atoms with Crippen molar-refractivity contribution < 1.29 is 0 Å². The van der Waals surface area contributed by atoms with Crippen molar-refractivity contribution in [1.29, 1.82) is 0 Å². The highest BCUT2D eigenvalue weighted by molar-refractivity contribution is 6.16. The van der Waals surface area contributed by atoms with Crippen molar-refractivity contribution in [2.45, 2.75) is 31.7 Å². The number of nitrogens with zero attached hydrogens (tertiary/aromatic N) is 2. The summed E-state index contributed by atoms with van der Waals surface area (Å²) in [6.45, 7) is 0.780. The van der Waals surface area contributed by atoms with Gasteiger partial charge in [0.2, 0.25) is 0 Å². The molecule has 2 aromatic rings. The highest BCUT2D eigenvalue weighted by Crippen LogP contribution is 2.33. The zero-order chi connectivity index (χ0) is 13.4. The van der Waals surface area contributed by atoms with Crippen LogP contribution in [0, 0.1) is 0 Å². The zero-order valence-electron chi connectivity index (χ0n) is 11.5. The number of H-pyrrole nitrogens is 1. The summed E-state index contributed by atoms with van der Waals surface area (Å²) in [5, 5.41) is 0. The second-order valence-electron chi connectivity index (χ2n) is 5.66. The summed E-state index contributed by atoms with van der Waals surface area (Å²) in [4.78, 5) is 10.7. The van der Waals surface area contributed by atoms with E-state index in [1.54, 1.807) is 0 Å². The van der Waals surface area contributed by atoms with Gasteiger partial charge in [-0.3, -0.25) is 4.99 Å². The lowest BCUT2D eigenvalue weighted by molar-refractivity contribution is 0.604. The van der Waals surface area contributed by atoms with Crippen LogP contribution >= 0.6 is 0 Å². The Kier molecular flexibility index (Phi) is 2.84. The van der Waals surface area contributed by atoms with Gasteiger partial charge in [0.15, 0.2) is 0 Å². The fraction of sp³-hybridized carbons (Fsp3) is 0.353. The van der Waals surface area contributed by atoms with E-state index in [0.29, 0.717) is 6.04 Å². The zero-order valence-corrected chi connectivity index (χ0v) is 11.5. The van der Waals surface area contributed by atoms with Crippen LogP contribution in [-0.4, -0.2) is 23.4 Å². The first-order valence-electron chi connectivity index (χ1n) is 7.48. The highest BCUT2D eigenvalue weighted by Gasteiger charge is 2.29. The lowest BCUT2D eigenvalue weighted by Gasteiger charge is -2.32. The van der Waals surface area contributed by atoms with E-state index < -0.39 is 0 Å². The maximum absolute atomic E-state index is 4.86. The molecule has 4 rings (SSSR count). The fourth-order valence-electron chi connectivity index (χ4n) is 3.45. The van der Waals surface area contributed by atoms with Crippen molar-refractivity contribution in [2.75, 3.05) is 11.6 Å². The first kappa shape index (κ1) is 11.8. The normalized spacial score (nSPS) is 19.0. The van der Waals surface area contributed by atoms with Gasteiger partial charge in [0.1, 0.15) is 12.5 Å². The van der Waals surface area contributed by atoms with E-state index in [9.17, 15) is 0 Å². The monoisotopic (exact) mass is 265 g/mol. The quantitative estimate of drug-likeness (QED) is 0.884. The van der Waals surface area contributed by atoms with Crippen LogP contribution in [0.4, 0.5) is 5.82 Å². The average Bonchev–Trinajstić information content (AvgIpc) is 3.18. The predicted octanol–water partition coefficient (Wildman–Crippen LogP) is 3.57. The molecular formula is C17H19N3. The molecule has 0 radical (unpaired) electrons. The first-order valence-corrected chi connectivity index (χ1v) is 7.48. The number of hydrogen-bond donors (Lipinski definition) is 1. The highest BCUT2D eigenvalue weighted by atomic mass is 15.3. The van der Waals surface area contributed by atoms with Gasteiger partial charge >= 0.3 is 0 Å². The van der Waals surface area contributed by atoms with Crippen LogP contribution in [0.3, 0.4) is 0 Å². The van der Waals surface area contributed by atoms with Gasteiger partial charge in [-0.2, -0.15) is 0 Å². The van der Waals surface area contributed by atoms with Gasteiger partial charge in [-0.1, -0.05) is 43.2 Å². The summed E-state index contributed by atoms with van der Waals surface area (Å²) >= 11 is 0. The minimum atomic E-state index is 0.661. The van der Waals surface area contributed by atoms with Crippen LogP contribution in [0.15, 0.2) is 47.6 Å². The Morgan fingerprint density at radius 1 is 1.05 bits per heavy atom. The summed E-state index contributed by atoms with van der Waals surface area (Å²) in [6.07, 6.45) is 7.35. The molecule has 1 saturated carbocycles. The Bertz CT molecular complexity index is 621. The van der Waals surface area contributed by atoms with Crippen LogP contribution in [0.25, 0.3) is 0 Å². The third kappa shape index (κ3) is 1.85. The molecule has 0 bridgehead atoms. The van der Waals surface area contributed by atoms with Crippen molar-refractivity contribution in [1.82, 2.24) is 4.98 Å². The average molecular weight is 265 g/mol.